The van der Waals surface area contributed by atoms with Crippen LogP contribution < -0.4 is 19.5 Å². The lowest BCUT2D eigenvalue weighted by atomic mass is 10.1. The number of rotatable bonds is 7. The Morgan fingerprint density at radius 1 is 1.00 bits per heavy atom. The van der Waals surface area contributed by atoms with Crippen molar-refractivity contribution < 1.29 is 14.2 Å². The van der Waals surface area contributed by atoms with Crippen molar-refractivity contribution in [1.29, 1.82) is 0 Å². The van der Waals surface area contributed by atoms with E-state index in [1.54, 1.807) is 33.9 Å². The second-order valence-electron chi connectivity index (χ2n) is 4.20. The summed E-state index contributed by atoms with van der Waals surface area (Å²) < 4.78 is 15.9. The van der Waals surface area contributed by atoms with Crippen LogP contribution in [0.1, 0.15) is 11.3 Å². The molecule has 0 spiro atoms. The van der Waals surface area contributed by atoms with Crippen LogP contribution in [0.25, 0.3) is 0 Å². The SMILES string of the molecule is COc1cc(OC)c(OC)cc1CNCc1cnc[nH]1. The van der Waals surface area contributed by atoms with Gasteiger partial charge in [-0.05, 0) is 6.07 Å². The van der Waals surface area contributed by atoms with Gasteiger partial charge < -0.3 is 24.5 Å². The first kappa shape index (κ1) is 14.2. The number of aromatic nitrogens is 2. The van der Waals surface area contributed by atoms with Gasteiger partial charge in [-0.1, -0.05) is 0 Å². The van der Waals surface area contributed by atoms with Crippen molar-refractivity contribution in [3.8, 4) is 17.2 Å². The molecule has 1 aromatic heterocycles. The highest BCUT2D eigenvalue weighted by atomic mass is 16.5. The molecule has 108 valence electrons. The molecule has 2 rings (SSSR count). The maximum absolute atomic E-state index is 5.38. The highest BCUT2D eigenvalue weighted by molar-refractivity contribution is 5.50. The largest absolute Gasteiger partial charge is 0.496 e. The van der Waals surface area contributed by atoms with Crippen LogP contribution in [-0.2, 0) is 13.1 Å². The number of nitrogens with zero attached hydrogens (tertiary/aromatic N) is 1. The lowest BCUT2D eigenvalue weighted by Gasteiger charge is -2.14. The molecule has 1 heterocycles. The maximum atomic E-state index is 5.38. The van der Waals surface area contributed by atoms with Crippen LogP contribution in [0, 0.1) is 0 Å². The quantitative estimate of drug-likeness (QED) is 0.806. The Labute approximate surface area is 118 Å². The van der Waals surface area contributed by atoms with Crippen LogP contribution in [0.5, 0.6) is 17.2 Å². The summed E-state index contributed by atoms with van der Waals surface area (Å²) in [6, 6.07) is 3.74. The summed E-state index contributed by atoms with van der Waals surface area (Å²) >= 11 is 0. The van der Waals surface area contributed by atoms with Gasteiger partial charge in [0.15, 0.2) is 11.5 Å². The first-order valence-electron chi connectivity index (χ1n) is 6.25. The summed E-state index contributed by atoms with van der Waals surface area (Å²) in [4.78, 5) is 7.02. The molecular weight excluding hydrogens is 258 g/mol. The molecule has 20 heavy (non-hydrogen) atoms. The average Bonchev–Trinajstić information content (AvgIpc) is 2.99. The minimum absolute atomic E-state index is 0.654. The molecule has 0 amide bonds. The van der Waals surface area contributed by atoms with Crippen molar-refractivity contribution in [2.45, 2.75) is 13.1 Å². The van der Waals surface area contributed by atoms with E-state index >= 15 is 0 Å². The van der Waals surface area contributed by atoms with Crippen LogP contribution in [-0.4, -0.2) is 31.3 Å². The Kier molecular flexibility index (Phi) is 4.84. The Morgan fingerprint density at radius 2 is 1.70 bits per heavy atom. The lowest BCUT2D eigenvalue weighted by molar-refractivity contribution is 0.347. The van der Waals surface area contributed by atoms with E-state index in [4.69, 9.17) is 14.2 Å². The molecule has 6 heteroatoms. The van der Waals surface area contributed by atoms with Crippen LogP contribution in [0.15, 0.2) is 24.7 Å². The molecule has 0 aliphatic carbocycles. The van der Waals surface area contributed by atoms with E-state index in [1.165, 1.54) is 0 Å². The molecule has 0 aliphatic heterocycles. The topological polar surface area (TPSA) is 68.4 Å². The van der Waals surface area contributed by atoms with E-state index < -0.39 is 0 Å². The second-order valence-corrected chi connectivity index (χ2v) is 4.20. The van der Waals surface area contributed by atoms with E-state index in [9.17, 15) is 0 Å². The molecule has 0 atom stereocenters. The van der Waals surface area contributed by atoms with Gasteiger partial charge >= 0.3 is 0 Å². The Balaban J connectivity index is 2.09. The predicted molar refractivity (Wildman–Crippen MR) is 75.2 cm³/mol. The predicted octanol–water partition coefficient (Wildman–Crippen LogP) is 1.73. The van der Waals surface area contributed by atoms with Crippen molar-refractivity contribution >= 4 is 0 Å². The summed E-state index contributed by atoms with van der Waals surface area (Å²) in [6.07, 6.45) is 3.45. The summed E-state index contributed by atoms with van der Waals surface area (Å²) in [5.74, 6) is 2.10. The molecule has 0 saturated carbocycles. The fourth-order valence-electron chi connectivity index (χ4n) is 1.94. The summed E-state index contributed by atoms with van der Waals surface area (Å²) in [7, 11) is 4.86. The highest BCUT2D eigenvalue weighted by Gasteiger charge is 2.11. The van der Waals surface area contributed by atoms with Crippen LogP contribution in [0.2, 0.25) is 0 Å². The summed E-state index contributed by atoms with van der Waals surface area (Å²) in [5.41, 5.74) is 2.04. The van der Waals surface area contributed by atoms with Gasteiger partial charge in [-0.15, -0.1) is 0 Å². The van der Waals surface area contributed by atoms with Crippen molar-refractivity contribution in [2.24, 2.45) is 0 Å². The van der Waals surface area contributed by atoms with E-state index in [-0.39, 0.29) is 0 Å². The number of methoxy groups -OCH3 is 3. The number of aromatic amines is 1. The van der Waals surface area contributed by atoms with Gasteiger partial charge in [0.25, 0.3) is 0 Å². The van der Waals surface area contributed by atoms with E-state index in [0.717, 1.165) is 17.0 Å². The zero-order chi connectivity index (χ0) is 14.4. The smallest absolute Gasteiger partial charge is 0.164 e. The number of imidazole rings is 1. The normalized spacial score (nSPS) is 10.3. The number of hydrogen-bond acceptors (Lipinski definition) is 5. The fraction of sp³-hybridized carbons (Fsp3) is 0.357. The van der Waals surface area contributed by atoms with Crippen LogP contribution >= 0.6 is 0 Å². The zero-order valence-electron chi connectivity index (χ0n) is 11.9. The minimum atomic E-state index is 0.654. The molecule has 6 nitrogen and oxygen atoms in total. The standard InChI is InChI=1S/C14H19N3O3/c1-18-12-5-14(20-3)13(19-2)4-10(12)6-15-7-11-8-16-9-17-11/h4-5,8-9,15H,6-7H2,1-3H3,(H,16,17). The van der Waals surface area contributed by atoms with Crippen LogP contribution in [0.4, 0.5) is 0 Å². The molecule has 2 aromatic rings. The van der Waals surface area contributed by atoms with Crippen molar-refractivity contribution in [3.05, 3.63) is 35.9 Å². The molecule has 0 unspecified atom stereocenters. The lowest BCUT2D eigenvalue weighted by Crippen LogP contribution is -2.13. The average molecular weight is 277 g/mol. The second kappa shape index (κ2) is 6.81. The molecule has 1 aromatic carbocycles. The summed E-state index contributed by atoms with van der Waals surface area (Å²) in [5, 5.41) is 3.32. The molecule has 0 saturated heterocycles. The van der Waals surface area contributed by atoms with Crippen molar-refractivity contribution in [1.82, 2.24) is 15.3 Å². The minimum Gasteiger partial charge on any atom is -0.496 e. The van der Waals surface area contributed by atoms with E-state index in [2.05, 4.69) is 15.3 Å². The van der Waals surface area contributed by atoms with Gasteiger partial charge in [0.2, 0.25) is 0 Å². The van der Waals surface area contributed by atoms with Crippen molar-refractivity contribution in [3.63, 3.8) is 0 Å². The Hall–Kier alpha value is -2.21. The number of nitrogens with one attached hydrogen (secondary N) is 2. The molecule has 0 fully saturated rings. The Morgan fingerprint density at radius 3 is 2.30 bits per heavy atom. The number of benzene rings is 1. The monoisotopic (exact) mass is 277 g/mol. The molecule has 2 N–H and O–H groups in total. The zero-order valence-corrected chi connectivity index (χ0v) is 11.9. The summed E-state index contributed by atoms with van der Waals surface area (Å²) in [6.45, 7) is 1.36. The highest BCUT2D eigenvalue weighted by Crippen LogP contribution is 2.34. The van der Waals surface area contributed by atoms with Gasteiger partial charge in [0, 0.05) is 36.6 Å². The number of hydrogen-bond donors (Lipinski definition) is 2. The van der Waals surface area contributed by atoms with Gasteiger partial charge in [0.1, 0.15) is 5.75 Å². The third-order valence-electron chi connectivity index (χ3n) is 2.97. The third kappa shape index (κ3) is 3.21. The van der Waals surface area contributed by atoms with Crippen molar-refractivity contribution in [2.75, 3.05) is 21.3 Å². The molecule has 0 radical (unpaired) electrons. The maximum Gasteiger partial charge on any atom is 0.164 e. The van der Waals surface area contributed by atoms with Gasteiger partial charge in [-0.2, -0.15) is 0 Å². The van der Waals surface area contributed by atoms with E-state index in [1.807, 2.05) is 12.1 Å². The first-order valence-corrected chi connectivity index (χ1v) is 6.25. The van der Waals surface area contributed by atoms with E-state index in [0.29, 0.717) is 24.6 Å². The van der Waals surface area contributed by atoms with Gasteiger partial charge in [0.05, 0.1) is 27.7 Å². The van der Waals surface area contributed by atoms with Crippen LogP contribution in [0.3, 0.4) is 0 Å². The number of ether oxygens (including phenoxy) is 3. The molecule has 0 bridgehead atoms. The Bertz CT molecular complexity index is 541. The first-order chi connectivity index (χ1) is 9.78. The molecule has 0 aliphatic rings. The third-order valence-corrected chi connectivity index (χ3v) is 2.97. The number of H-pyrrole nitrogens is 1. The van der Waals surface area contributed by atoms with Gasteiger partial charge in [-0.3, -0.25) is 0 Å². The fourth-order valence-corrected chi connectivity index (χ4v) is 1.94. The molecular formula is C14H19N3O3. The van der Waals surface area contributed by atoms with Gasteiger partial charge in [-0.25, -0.2) is 4.98 Å².